The molecule has 9 nitrogen and oxygen atoms in total. The summed E-state index contributed by atoms with van der Waals surface area (Å²) in [6, 6.07) is 8.38. The van der Waals surface area contributed by atoms with Crippen LogP contribution in [0.2, 0.25) is 0 Å². The standard InChI is InChI=1S/C26H23FN8O/c27-21-2-1-3-22(32-21)33-23-10-16(6-7-30-23)25-31-18-12-28-11-17(15-4-5-15)24(18)26(34-25)35-8-9-36-20-14-29-13-19(20)35/h1-3,6-7,10-12,14-15,19,29H,4-5,8-9,13H2,(H,30,32,33). The van der Waals surface area contributed by atoms with Crippen LogP contribution in [0.4, 0.5) is 21.8 Å². The van der Waals surface area contributed by atoms with Gasteiger partial charge in [0.15, 0.2) is 5.82 Å². The molecule has 0 spiro atoms. The number of halogens is 1. The minimum Gasteiger partial charge on any atom is -0.492 e. The average Bonchev–Trinajstić information content (AvgIpc) is 3.63. The predicted octanol–water partition coefficient (Wildman–Crippen LogP) is 3.89. The quantitative estimate of drug-likeness (QED) is 0.410. The number of pyridine rings is 3. The van der Waals surface area contributed by atoms with E-state index in [1.807, 2.05) is 30.7 Å². The van der Waals surface area contributed by atoms with E-state index in [4.69, 9.17) is 14.7 Å². The Balaban J connectivity index is 1.34. The second-order valence-corrected chi connectivity index (χ2v) is 9.18. The summed E-state index contributed by atoms with van der Waals surface area (Å²) >= 11 is 0. The van der Waals surface area contributed by atoms with Gasteiger partial charge in [-0.05, 0) is 48.6 Å². The molecular formula is C26H23FN8O. The second kappa shape index (κ2) is 8.40. The Morgan fingerprint density at radius 2 is 2.03 bits per heavy atom. The first-order valence-corrected chi connectivity index (χ1v) is 12.1. The summed E-state index contributed by atoms with van der Waals surface area (Å²) in [5, 5.41) is 7.44. The van der Waals surface area contributed by atoms with Crippen molar-refractivity contribution in [3.8, 4) is 11.4 Å². The summed E-state index contributed by atoms with van der Waals surface area (Å²) in [6.45, 7) is 2.10. The van der Waals surface area contributed by atoms with Crippen molar-refractivity contribution in [3.05, 3.63) is 72.4 Å². The molecule has 4 aromatic heterocycles. The molecule has 7 rings (SSSR count). The Morgan fingerprint density at radius 1 is 1.08 bits per heavy atom. The molecule has 4 aromatic rings. The fourth-order valence-electron chi connectivity index (χ4n) is 4.92. The molecule has 6 heterocycles. The molecule has 36 heavy (non-hydrogen) atoms. The van der Waals surface area contributed by atoms with Crippen LogP contribution in [0.25, 0.3) is 22.3 Å². The van der Waals surface area contributed by atoms with E-state index in [-0.39, 0.29) is 6.04 Å². The van der Waals surface area contributed by atoms with Crippen molar-refractivity contribution in [2.24, 2.45) is 0 Å². The van der Waals surface area contributed by atoms with Crippen LogP contribution >= 0.6 is 0 Å². The lowest BCUT2D eigenvalue weighted by Gasteiger charge is -2.36. The molecule has 1 atom stereocenters. The van der Waals surface area contributed by atoms with Crippen molar-refractivity contribution in [1.29, 1.82) is 0 Å². The number of hydrogen-bond acceptors (Lipinski definition) is 9. The zero-order valence-corrected chi connectivity index (χ0v) is 19.4. The summed E-state index contributed by atoms with van der Waals surface area (Å²) in [5.74, 6) is 3.26. The van der Waals surface area contributed by atoms with E-state index in [1.165, 1.54) is 11.6 Å². The number of morpholine rings is 1. The first-order valence-electron chi connectivity index (χ1n) is 12.1. The molecule has 1 unspecified atom stereocenters. The summed E-state index contributed by atoms with van der Waals surface area (Å²) in [4.78, 5) is 25.1. The van der Waals surface area contributed by atoms with Crippen molar-refractivity contribution in [3.63, 3.8) is 0 Å². The van der Waals surface area contributed by atoms with Gasteiger partial charge >= 0.3 is 0 Å². The lowest BCUT2D eigenvalue weighted by atomic mass is 10.1. The minimum atomic E-state index is -0.557. The summed E-state index contributed by atoms with van der Waals surface area (Å²) < 4.78 is 19.5. The van der Waals surface area contributed by atoms with Gasteiger partial charge < -0.3 is 20.3 Å². The normalized spacial score (nSPS) is 18.9. The monoisotopic (exact) mass is 482 g/mol. The van der Waals surface area contributed by atoms with Crippen molar-refractivity contribution >= 4 is 28.4 Å². The van der Waals surface area contributed by atoms with E-state index >= 15 is 0 Å². The van der Waals surface area contributed by atoms with Gasteiger partial charge in [-0.25, -0.2) is 19.9 Å². The number of ether oxygens (including phenoxy) is 1. The number of anilines is 3. The molecule has 0 bridgehead atoms. The van der Waals surface area contributed by atoms with Crippen molar-refractivity contribution < 1.29 is 9.13 Å². The van der Waals surface area contributed by atoms with Gasteiger partial charge in [-0.15, -0.1) is 0 Å². The van der Waals surface area contributed by atoms with E-state index in [2.05, 4.69) is 30.5 Å². The van der Waals surface area contributed by atoms with E-state index in [0.717, 1.165) is 54.0 Å². The Bertz CT molecular complexity index is 1500. The molecule has 1 aliphatic carbocycles. The lowest BCUT2D eigenvalue weighted by molar-refractivity contribution is 0.174. The highest BCUT2D eigenvalue weighted by atomic mass is 19.1. The van der Waals surface area contributed by atoms with Crippen LogP contribution in [-0.4, -0.2) is 50.7 Å². The van der Waals surface area contributed by atoms with Gasteiger partial charge in [-0.3, -0.25) is 4.98 Å². The zero-order chi connectivity index (χ0) is 24.1. The fraction of sp³-hybridized carbons (Fsp3) is 0.269. The maximum absolute atomic E-state index is 13.6. The molecule has 3 aliphatic rings. The maximum Gasteiger partial charge on any atom is 0.214 e. The summed E-state index contributed by atoms with van der Waals surface area (Å²) in [5.41, 5.74) is 2.82. The number of rotatable bonds is 5. The van der Waals surface area contributed by atoms with Gasteiger partial charge in [0.05, 0.1) is 18.3 Å². The SMILES string of the molecule is Fc1cccc(Nc2cc(-c3nc(N4CCOC5=CNCC54)c4c(C5CC5)cncc4n3)ccn2)n1. The second-order valence-electron chi connectivity index (χ2n) is 9.18. The third kappa shape index (κ3) is 3.74. The highest BCUT2D eigenvalue weighted by molar-refractivity contribution is 5.94. The highest BCUT2D eigenvalue weighted by Crippen LogP contribution is 2.45. The van der Waals surface area contributed by atoms with Crippen molar-refractivity contribution in [2.75, 3.05) is 29.9 Å². The molecule has 1 saturated carbocycles. The third-order valence-electron chi connectivity index (χ3n) is 6.76. The van der Waals surface area contributed by atoms with Crippen LogP contribution in [0, 0.1) is 5.95 Å². The smallest absolute Gasteiger partial charge is 0.214 e. The lowest BCUT2D eigenvalue weighted by Crippen LogP contribution is -2.46. The summed E-state index contributed by atoms with van der Waals surface area (Å²) in [6.07, 6.45) is 9.74. The molecule has 180 valence electrons. The number of nitrogens with one attached hydrogen (secondary N) is 2. The largest absolute Gasteiger partial charge is 0.492 e. The van der Waals surface area contributed by atoms with E-state index in [1.54, 1.807) is 18.3 Å². The minimum absolute atomic E-state index is 0.0821. The molecule has 10 heteroatoms. The molecule has 2 fully saturated rings. The number of nitrogens with zero attached hydrogens (tertiary/aromatic N) is 6. The predicted molar refractivity (Wildman–Crippen MR) is 133 cm³/mol. The summed E-state index contributed by atoms with van der Waals surface area (Å²) in [7, 11) is 0. The van der Waals surface area contributed by atoms with Gasteiger partial charge in [0.2, 0.25) is 5.95 Å². The van der Waals surface area contributed by atoms with Gasteiger partial charge in [-0.2, -0.15) is 4.39 Å². The molecule has 0 radical (unpaired) electrons. The van der Waals surface area contributed by atoms with Crippen LogP contribution in [0.3, 0.4) is 0 Å². The van der Waals surface area contributed by atoms with E-state index in [9.17, 15) is 4.39 Å². The molecule has 0 amide bonds. The Kier molecular flexibility index (Phi) is 4.90. The number of fused-ring (bicyclic) bond motifs is 2. The molecule has 2 aliphatic heterocycles. The van der Waals surface area contributed by atoms with Crippen LogP contribution in [0.15, 0.2) is 60.9 Å². The van der Waals surface area contributed by atoms with Gasteiger partial charge in [0.1, 0.15) is 35.9 Å². The van der Waals surface area contributed by atoms with Gasteiger partial charge in [-0.1, -0.05) is 6.07 Å². The highest BCUT2D eigenvalue weighted by Gasteiger charge is 2.35. The molecule has 1 saturated heterocycles. The molecule has 2 N–H and O–H groups in total. The Labute approximate surface area is 206 Å². The van der Waals surface area contributed by atoms with E-state index < -0.39 is 5.95 Å². The van der Waals surface area contributed by atoms with Crippen LogP contribution in [0.5, 0.6) is 0 Å². The Hall–Kier alpha value is -4.34. The van der Waals surface area contributed by atoms with E-state index in [0.29, 0.717) is 30.0 Å². The van der Waals surface area contributed by atoms with Crippen molar-refractivity contribution in [2.45, 2.75) is 24.8 Å². The van der Waals surface area contributed by atoms with Crippen LogP contribution in [-0.2, 0) is 4.74 Å². The third-order valence-corrected chi connectivity index (χ3v) is 6.76. The van der Waals surface area contributed by atoms with Crippen molar-refractivity contribution in [1.82, 2.24) is 30.2 Å². The first kappa shape index (κ1) is 21.0. The zero-order valence-electron chi connectivity index (χ0n) is 19.4. The molecule has 0 aromatic carbocycles. The topological polar surface area (TPSA) is 101 Å². The van der Waals surface area contributed by atoms with Crippen LogP contribution in [0.1, 0.15) is 24.3 Å². The maximum atomic E-state index is 13.6. The Morgan fingerprint density at radius 3 is 2.92 bits per heavy atom. The van der Waals surface area contributed by atoms with Gasteiger partial charge in [0.25, 0.3) is 0 Å². The number of aromatic nitrogens is 5. The average molecular weight is 483 g/mol. The first-order chi connectivity index (χ1) is 17.7. The van der Waals surface area contributed by atoms with Crippen LogP contribution < -0.4 is 15.5 Å². The fourth-order valence-corrected chi connectivity index (χ4v) is 4.92. The number of hydrogen-bond donors (Lipinski definition) is 2. The van der Waals surface area contributed by atoms with Gasteiger partial charge in [0, 0.05) is 36.1 Å². The molecular weight excluding hydrogens is 459 g/mol.